The van der Waals surface area contributed by atoms with E-state index in [1.54, 1.807) is 218 Å². The molecular formula is C82H69N11O19S3. The molecular weight excluding hydrogens is 1540 g/mol. The normalized spacial score (nSPS) is 11.6. The molecule has 0 fully saturated rings. The van der Waals surface area contributed by atoms with Gasteiger partial charge in [-0.25, -0.2) is 45.5 Å². The molecule has 12 aromatic carbocycles. The van der Waals surface area contributed by atoms with E-state index >= 15 is 0 Å². The number of ether oxygens (including phenoxy) is 4. The number of primary sulfonamides is 3. The number of oxime groups is 3. The third-order valence-corrected chi connectivity index (χ3v) is 19.9. The van der Waals surface area contributed by atoms with E-state index in [-0.39, 0.29) is 84.9 Å². The lowest BCUT2D eigenvalue weighted by atomic mass is 9.98. The lowest BCUT2D eigenvalue weighted by molar-refractivity contribution is -0.384. The number of nitrogens with zero attached hydrogens (tertiary/aromatic N) is 4. The molecule has 584 valence electrons. The lowest BCUT2D eigenvalue weighted by Crippen LogP contribution is -2.14. The van der Waals surface area contributed by atoms with Crippen LogP contribution in [-0.4, -0.2) is 93.9 Å². The largest absolute Gasteiger partial charge is 0.465 e. The molecule has 0 aliphatic rings. The fraction of sp³-hybridized carbons (Fsp3) is 0.0366. The van der Waals surface area contributed by atoms with Crippen LogP contribution in [0.15, 0.2) is 309 Å². The highest BCUT2D eigenvalue weighted by atomic mass is 32.2. The van der Waals surface area contributed by atoms with Crippen LogP contribution in [0.4, 0.5) is 11.4 Å². The van der Waals surface area contributed by atoms with Gasteiger partial charge in [-0.2, -0.15) is 0 Å². The number of nitro groups is 1. The number of esters is 1. The number of Topliss-reactive ketones (excluding diaryl/α,β-unsaturated/α-hetero) is 2. The molecule has 12 aromatic rings. The average molecular weight is 1610 g/mol. The van der Waals surface area contributed by atoms with E-state index in [0.29, 0.717) is 101 Å². The van der Waals surface area contributed by atoms with Gasteiger partial charge in [0.05, 0.1) is 37.8 Å². The van der Waals surface area contributed by atoms with Crippen molar-refractivity contribution in [3.05, 3.63) is 339 Å². The number of amidine groups is 3. The first kappa shape index (κ1) is 82.7. The molecule has 0 saturated heterocycles. The third-order valence-electron chi connectivity index (χ3n) is 17.0. The van der Waals surface area contributed by atoms with Crippen molar-refractivity contribution in [2.75, 3.05) is 12.4 Å². The molecule has 0 saturated carbocycles. The van der Waals surface area contributed by atoms with Crippen molar-refractivity contribution in [1.29, 1.82) is 0 Å². The van der Waals surface area contributed by atoms with E-state index in [4.69, 9.17) is 67.2 Å². The van der Waals surface area contributed by atoms with Gasteiger partial charge < -0.3 is 57.1 Å². The number of anilines is 1. The Bertz CT molecular complexity index is 6150. The van der Waals surface area contributed by atoms with Crippen molar-refractivity contribution >= 4 is 82.4 Å². The molecule has 0 spiro atoms. The first-order valence-corrected chi connectivity index (χ1v) is 38.5. The van der Waals surface area contributed by atoms with E-state index in [0.717, 1.165) is 6.07 Å². The number of carbonyl (C=O) groups excluding carboxylic acids is 4. The van der Waals surface area contributed by atoms with Crippen LogP contribution < -0.4 is 52.1 Å². The first-order chi connectivity index (χ1) is 54.9. The number of methoxy groups -OCH3 is 1. The molecule has 0 aliphatic heterocycles. The Labute approximate surface area is 657 Å². The molecule has 0 heterocycles. The van der Waals surface area contributed by atoms with Gasteiger partial charge in [0.15, 0.2) is 29.1 Å². The summed E-state index contributed by atoms with van der Waals surface area (Å²) in [5.74, 6) is -0.0742. The Hall–Kier alpha value is -14.7. The second-order valence-electron chi connectivity index (χ2n) is 24.7. The maximum atomic E-state index is 13.3. The zero-order valence-corrected chi connectivity index (χ0v) is 62.8. The number of para-hydroxylation sites is 1. The van der Waals surface area contributed by atoms with E-state index in [9.17, 15) is 54.5 Å². The number of ketones is 2. The molecule has 115 heavy (non-hydrogen) atoms. The number of sulfonamides is 3. The minimum absolute atomic E-state index is 0.0197. The van der Waals surface area contributed by atoms with Gasteiger partial charge in [-0.15, -0.1) is 0 Å². The van der Waals surface area contributed by atoms with Crippen molar-refractivity contribution in [3.8, 4) is 67.9 Å². The third kappa shape index (κ3) is 21.4. The summed E-state index contributed by atoms with van der Waals surface area (Å²) in [4.78, 5) is 62.3. The molecule has 30 nitrogen and oxygen atoms in total. The van der Waals surface area contributed by atoms with E-state index in [1.165, 1.54) is 55.6 Å². The second kappa shape index (κ2) is 36.9. The standard InChI is InChI=1S/C29H25N3O7S.C27H23N3O5S.C26H21N5O7S/c1-38-29(34)21-13-14-26(39-23-6-4-5-20(16-23)28(30)32-35)22(15-21)17-25(33)19-11-9-18(10-12-19)24-7-2-3-8-27(24)40(31,36)37;28-27(30-32)21-7-5-8-22(16-21)35-25-10-3-1-6-20(25)17-24(31)19-14-12-18(13-15-19)23-9-2-4-11-26(23)36(29,33)34;27-25(30-33)17-4-3-5-20(14-17)38-23-13-12-19(31(34)35)15-22(23)26(32)29-18-10-8-16(9-11-18)21-6-1-2-7-24(21)39(28,36)37/h2-16,35H,17H2,1H3,(H2,30,32)(H2,31,36,37);1-16,32H,17H2,(H2,28,30)(H2,29,33,34);1-15,33H,(H2,27,30)(H,29,32)(H2,28,36,37). The van der Waals surface area contributed by atoms with Crippen molar-refractivity contribution in [1.82, 2.24) is 0 Å². The summed E-state index contributed by atoms with van der Waals surface area (Å²) in [7, 11) is -10.5. The summed E-state index contributed by atoms with van der Waals surface area (Å²) in [6.07, 6.45) is -0.0313. The summed E-state index contributed by atoms with van der Waals surface area (Å²) < 4.78 is 94.3. The highest BCUT2D eigenvalue weighted by Crippen LogP contribution is 2.36. The number of carbonyl (C=O) groups is 4. The lowest BCUT2D eigenvalue weighted by Gasteiger charge is -2.13. The molecule has 1 amide bonds. The average Bonchev–Trinajstić information content (AvgIpc) is 0.813. The molecule has 0 aromatic heterocycles. The van der Waals surface area contributed by atoms with Crippen molar-refractivity contribution in [3.63, 3.8) is 0 Å². The molecule has 16 N–H and O–H groups in total. The first-order valence-electron chi connectivity index (χ1n) is 33.8. The van der Waals surface area contributed by atoms with Crippen LogP contribution in [0.1, 0.15) is 69.2 Å². The maximum absolute atomic E-state index is 13.3. The molecule has 0 radical (unpaired) electrons. The summed E-state index contributed by atoms with van der Waals surface area (Å²) >= 11 is 0. The Morgan fingerprint density at radius 1 is 0.400 bits per heavy atom. The van der Waals surface area contributed by atoms with Gasteiger partial charge in [-0.05, 0) is 114 Å². The SMILES string of the molecule is COC(=O)c1ccc(Oc2cccc(C(N)=NO)c2)c(CC(=O)c2ccc(-c3ccccc3S(N)(=O)=O)cc2)c1.NC(=NO)c1cccc(Oc2ccc([N+](=O)[O-])cc2C(=O)Nc2ccc(-c3ccccc3S(N)(=O)=O)cc2)c1.NC(=NO)c1cccc(Oc2ccccc2CC(=O)c2ccc(-c3ccccc3S(N)(=O)=O)cc2)c1. The van der Waals surface area contributed by atoms with Crippen LogP contribution >= 0.6 is 0 Å². The summed E-state index contributed by atoms with van der Waals surface area (Å²) in [5, 5.41) is 65.7. The Kier molecular flexibility index (Phi) is 26.5. The molecule has 33 heteroatoms. The van der Waals surface area contributed by atoms with Crippen LogP contribution in [-0.2, 0) is 47.6 Å². The topological polar surface area (TPSA) is 517 Å². The molecule has 0 bridgehead atoms. The Morgan fingerprint density at radius 3 is 1.16 bits per heavy atom. The molecule has 0 atom stereocenters. The zero-order valence-electron chi connectivity index (χ0n) is 60.3. The predicted molar refractivity (Wildman–Crippen MR) is 428 cm³/mol. The highest BCUT2D eigenvalue weighted by molar-refractivity contribution is 7.89. The summed E-state index contributed by atoms with van der Waals surface area (Å²) in [6, 6.07) is 73.2. The van der Waals surface area contributed by atoms with Gasteiger partial charge in [0, 0.05) is 86.3 Å². The smallest absolute Gasteiger partial charge is 0.337 e. The number of nitrogens with two attached hydrogens (primary N) is 6. The van der Waals surface area contributed by atoms with E-state index < -0.39 is 46.9 Å². The van der Waals surface area contributed by atoms with Gasteiger partial charge in [0.2, 0.25) is 30.1 Å². The van der Waals surface area contributed by atoms with Gasteiger partial charge in [0.25, 0.3) is 11.6 Å². The fourth-order valence-corrected chi connectivity index (χ4v) is 13.7. The Morgan fingerprint density at radius 2 is 0.757 bits per heavy atom. The second-order valence-corrected chi connectivity index (χ2v) is 29.3. The minimum atomic E-state index is -3.96. The van der Waals surface area contributed by atoms with Crippen LogP contribution in [0.2, 0.25) is 0 Å². The quantitative estimate of drug-likeness (QED) is 0.00483. The summed E-state index contributed by atoms with van der Waals surface area (Å²) in [5.41, 5.74) is 23.3. The number of hydrogen-bond donors (Lipinski definition) is 10. The number of benzene rings is 12. The summed E-state index contributed by atoms with van der Waals surface area (Å²) in [6.45, 7) is 0. The van der Waals surface area contributed by atoms with Crippen molar-refractivity contribution < 1.29 is 83.9 Å². The van der Waals surface area contributed by atoms with Gasteiger partial charge in [-0.1, -0.05) is 185 Å². The predicted octanol–water partition coefficient (Wildman–Crippen LogP) is 12.5. The van der Waals surface area contributed by atoms with Crippen molar-refractivity contribution in [2.45, 2.75) is 27.5 Å². The minimum Gasteiger partial charge on any atom is -0.465 e. The molecule has 0 aliphatic carbocycles. The van der Waals surface area contributed by atoms with Crippen LogP contribution in [0.25, 0.3) is 33.4 Å². The van der Waals surface area contributed by atoms with Crippen LogP contribution in [0.3, 0.4) is 0 Å². The molecule has 0 unspecified atom stereocenters. The fourth-order valence-electron chi connectivity index (χ4n) is 11.4. The zero-order chi connectivity index (χ0) is 82.7. The highest BCUT2D eigenvalue weighted by Gasteiger charge is 2.24. The van der Waals surface area contributed by atoms with E-state index in [1.807, 2.05) is 6.07 Å². The number of amides is 1. The van der Waals surface area contributed by atoms with Crippen LogP contribution in [0.5, 0.6) is 34.5 Å². The van der Waals surface area contributed by atoms with Gasteiger partial charge in [-0.3, -0.25) is 24.5 Å². The molecule has 12 rings (SSSR count). The van der Waals surface area contributed by atoms with Gasteiger partial charge in [0.1, 0.15) is 34.5 Å². The number of rotatable bonds is 25. The number of nitro benzene ring substituents is 1. The maximum Gasteiger partial charge on any atom is 0.337 e. The van der Waals surface area contributed by atoms with Gasteiger partial charge >= 0.3 is 5.97 Å². The van der Waals surface area contributed by atoms with Crippen molar-refractivity contribution in [2.24, 2.45) is 48.1 Å². The monoisotopic (exact) mass is 1610 g/mol. The van der Waals surface area contributed by atoms with E-state index in [2.05, 4.69) is 20.8 Å². The Balaban J connectivity index is 0.000000183. The number of nitrogens with one attached hydrogen (secondary N) is 1. The van der Waals surface area contributed by atoms with Crippen LogP contribution in [0, 0.1) is 10.1 Å². The number of non-ortho nitro benzene ring substituents is 1. The number of hydrogen-bond acceptors (Lipinski definition) is 22.